The van der Waals surface area contributed by atoms with Crippen LogP contribution in [0.25, 0.3) is 10.9 Å². The van der Waals surface area contributed by atoms with Gasteiger partial charge in [-0.3, -0.25) is 9.78 Å². The van der Waals surface area contributed by atoms with E-state index in [0.717, 1.165) is 4.31 Å². The minimum atomic E-state index is -4.07. The van der Waals surface area contributed by atoms with Gasteiger partial charge in [0.25, 0.3) is 5.91 Å². The van der Waals surface area contributed by atoms with E-state index >= 15 is 0 Å². The van der Waals surface area contributed by atoms with E-state index in [1.54, 1.807) is 38.4 Å². The van der Waals surface area contributed by atoms with E-state index in [0.29, 0.717) is 16.6 Å². The van der Waals surface area contributed by atoms with Gasteiger partial charge in [-0.15, -0.1) is 0 Å². The maximum Gasteiger partial charge on any atom is 0.268 e. The van der Waals surface area contributed by atoms with Crippen molar-refractivity contribution >= 4 is 26.8 Å². The second-order valence-corrected chi connectivity index (χ2v) is 9.96. The van der Waals surface area contributed by atoms with Crippen LogP contribution in [0.2, 0.25) is 0 Å². The summed E-state index contributed by atoms with van der Waals surface area (Å²) in [5.41, 5.74) is 1.23. The number of nitrogens with one attached hydrogen (secondary N) is 1. The molecule has 1 aliphatic rings. The van der Waals surface area contributed by atoms with Crippen LogP contribution in [0.1, 0.15) is 28.2 Å². The van der Waals surface area contributed by atoms with Crippen LogP contribution in [-0.4, -0.2) is 58.7 Å². The number of sulfonamides is 1. The Morgan fingerprint density at radius 2 is 2.09 bits per heavy atom. The van der Waals surface area contributed by atoms with Crippen LogP contribution in [0.4, 0.5) is 8.78 Å². The van der Waals surface area contributed by atoms with Crippen LogP contribution < -0.4 is 5.32 Å². The fourth-order valence-electron chi connectivity index (χ4n) is 4.00. The predicted molar refractivity (Wildman–Crippen MR) is 117 cm³/mol. The Bertz CT molecular complexity index is 1330. The zero-order valence-electron chi connectivity index (χ0n) is 18.1. The molecule has 1 saturated heterocycles. The van der Waals surface area contributed by atoms with Gasteiger partial charge in [0.05, 0.1) is 11.6 Å². The smallest absolute Gasteiger partial charge is 0.268 e. The van der Waals surface area contributed by atoms with Crippen LogP contribution in [-0.2, 0) is 23.6 Å². The van der Waals surface area contributed by atoms with Crippen molar-refractivity contribution in [2.45, 2.75) is 37.1 Å². The summed E-state index contributed by atoms with van der Waals surface area (Å²) in [4.78, 5) is 16.9. The van der Waals surface area contributed by atoms with Gasteiger partial charge in [0.15, 0.2) is 0 Å². The number of carbonyl (C=O) groups is 1. The number of fused-ring (bicyclic) bond motifs is 1. The molecule has 0 spiro atoms. The third-order valence-corrected chi connectivity index (χ3v) is 8.05. The molecule has 0 bridgehead atoms. The van der Waals surface area contributed by atoms with Gasteiger partial charge in [0.2, 0.25) is 10.0 Å². The standard InChI is InChI=1S/C22H24F2N4O4S/c1-13-21(33(31,32)28-9-7-20(29)17(24)12-28)10-19(27(13)2)22(30)26-11-15-14-4-3-8-25-18(14)6-5-16(15)23/h3-6,8,10,17,20,29H,7,9,11-12H2,1-2H3,(H,26,30)/t17-,20-/m1/s1. The highest BCUT2D eigenvalue weighted by atomic mass is 32.2. The number of aliphatic hydroxyl groups excluding tert-OH is 1. The van der Waals surface area contributed by atoms with E-state index in [4.69, 9.17) is 0 Å². The third kappa shape index (κ3) is 4.23. The number of alkyl halides is 1. The van der Waals surface area contributed by atoms with Crippen molar-refractivity contribution in [1.82, 2.24) is 19.2 Å². The van der Waals surface area contributed by atoms with Gasteiger partial charge in [-0.2, -0.15) is 4.31 Å². The molecule has 2 N–H and O–H groups in total. The lowest BCUT2D eigenvalue weighted by atomic mass is 10.1. The fraction of sp³-hybridized carbons (Fsp3) is 0.364. The third-order valence-electron chi connectivity index (χ3n) is 6.07. The Hall–Kier alpha value is -2.89. The van der Waals surface area contributed by atoms with Gasteiger partial charge in [-0.05, 0) is 37.6 Å². The Labute approximate surface area is 189 Å². The number of amides is 1. The minimum Gasteiger partial charge on any atom is -0.390 e. The number of piperidine rings is 1. The molecule has 176 valence electrons. The molecule has 0 aliphatic carbocycles. The monoisotopic (exact) mass is 478 g/mol. The first-order valence-corrected chi connectivity index (χ1v) is 11.8. The quantitative estimate of drug-likeness (QED) is 0.584. The Morgan fingerprint density at radius 3 is 2.82 bits per heavy atom. The molecule has 3 heterocycles. The fourth-order valence-corrected chi connectivity index (χ4v) is 5.73. The summed E-state index contributed by atoms with van der Waals surface area (Å²) in [7, 11) is -2.53. The molecule has 11 heteroatoms. The van der Waals surface area contributed by atoms with E-state index in [1.165, 1.54) is 16.7 Å². The lowest BCUT2D eigenvalue weighted by Gasteiger charge is -2.31. The average molecular weight is 479 g/mol. The maximum atomic E-state index is 14.4. The predicted octanol–water partition coefficient (Wildman–Crippen LogP) is 2.04. The number of aromatic nitrogens is 2. The lowest BCUT2D eigenvalue weighted by Crippen LogP contribution is -2.47. The van der Waals surface area contributed by atoms with E-state index in [-0.39, 0.29) is 35.7 Å². The second-order valence-electron chi connectivity index (χ2n) is 8.05. The van der Waals surface area contributed by atoms with Gasteiger partial charge in [-0.1, -0.05) is 6.07 Å². The summed E-state index contributed by atoms with van der Waals surface area (Å²) in [5.74, 6) is -1.07. The molecule has 1 aliphatic heterocycles. The maximum absolute atomic E-state index is 14.4. The number of benzene rings is 1. The number of halogens is 2. The Morgan fingerprint density at radius 1 is 1.33 bits per heavy atom. The molecule has 3 aromatic rings. The SMILES string of the molecule is Cc1c(S(=O)(=O)N2CC[C@@H](O)[C@H](F)C2)cc(C(=O)NCc2c(F)ccc3ncccc23)n1C. The summed E-state index contributed by atoms with van der Waals surface area (Å²) in [6.07, 6.45) is -1.29. The number of carbonyl (C=O) groups excluding carboxylic acids is 1. The Kier molecular flexibility index (Phi) is 6.21. The van der Waals surface area contributed by atoms with E-state index < -0.39 is 40.6 Å². The van der Waals surface area contributed by atoms with Crippen molar-refractivity contribution < 1.29 is 27.1 Å². The van der Waals surface area contributed by atoms with Gasteiger partial charge >= 0.3 is 0 Å². The van der Waals surface area contributed by atoms with Crippen LogP contribution >= 0.6 is 0 Å². The number of pyridine rings is 1. The highest BCUT2D eigenvalue weighted by molar-refractivity contribution is 7.89. The Balaban J connectivity index is 1.58. The normalized spacial score (nSPS) is 19.7. The van der Waals surface area contributed by atoms with Crippen LogP contribution in [0.15, 0.2) is 41.4 Å². The number of hydrogen-bond donors (Lipinski definition) is 2. The topological polar surface area (TPSA) is 105 Å². The average Bonchev–Trinajstić information content (AvgIpc) is 3.10. The summed E-state index contributed by atoms with van der Waals surface area (Å²) >= 11 is 0. The zero-order valence-corrected chi connectivity index (χ0v) is 18.9. The molecular weight excluding hydrogens is 454 g/mol. The summed E-state index contributed by atoms with van der Waals surface area (Å²) in [6, 6.07) is 7.45. The molecule has 4 rings (SSSR count). The first-order valence-electron chi connectivity index (χ1n) is 10.4. The number of rotatable bonds is 5. The molecule has 1 aromatic carbocycles. The molecule has 2 aromatic heterocycles. The molecule has 1 amide bonds. The molecular formula is C22H24F2N4O4S. The van der Waals surface area contributed by atoms with E-state index in [9.17, 15) is 27.1 Å². The summed E-state index contributed by atoms with van der Waals surface area (Å²) in [6.45, 7) is 0.959. The van der Waals surface area contributed by atoms with Gasteiger partial charge in [0, 0.05) is 49.5 Å². The minimum absolute atomic E-state index is 0.00885. The van der Waals surface area contributed by atoms with Crippen molar-refractivity contribution in [3.63, 3.8) is 0 Å². The summed E-state index contributed by atoms with van der Waals surface area (Å²) in [5, 5.41) is 12.8. The first kappa shape index (κ1) is 23.3. The van der Waals surface area contributed by atoms with Gasteiger partial charge in [0.1, 0.15) is 22.6 Å². The van der Waals surface area contributed by atoms with Gasteiger partial charge < -0.3 is 15.0 Å². The highest BCUT2D eigenvalue weighted by Gasteiger charge is 2.37. The lowest BCUT2D eigenvalue weighted by molar-refractivity contribution is 0.0303. The molecule has 33 heavy (non-hydrogen) atoms. The molecule has 0 radical (unpaired) electrons. The molecule has 2 atom stereocenters. The van der Waals surface area contributed by atoms with E-state index in [2.05, 4.69) is 10.3 Å². The molecule has 0 saturated carbocycles. The highest BCUT2D eigenvalue weighted by Crippen LogP contribution is 2.27. The van der Waals surface area contributed by atoms with Crippen molar-refractivity contribution in [3.05, 3.63) is 59.3 Å². The van der Waals surface area contributed by atoms with Crippen molar-refractivity contribution in [2.24, 2.45) is 7.05 Å². The van der Waals surface area contributed by atoms with Crippen LogP contribution in [0, 0.1) is 12.7 Å². The van der Waals surface area contributed by atoms with Crippen LogP contribution in [0.5, 0.6) is 0 Å². The second kappa shape index (κ2) is 8.81. The number of nitrogens with zero attached hydrogens (tertiary/aromatic N) is 3. The first-order chi connectivity index (χ1) is 15.6. The molecule has 0 unspecified atom stereocenters. The van der Waals surface area contributed by atoms with Crippen LogP contribution in [0.3, 0.4) is 0 Å². The van der Waals surface area contributed by atoms with E-state index in [1.807, 2.05) is 0 Å². The van der Waals surface area contributed by atoms with Gasteiger partial charge in [-0.25, -0.2) is 17.2 Å². The zero-order chi connectivity index (χ0) is 23.9. The van der Waals surface area contributed by atoms with Crippen molar-refractivity contribution in [1.29, 1.82) is 0 Å². The molecule has 1 fully saturated rings. The van der Waals surface area contributed by atoms with Crippen molar-refractivity contribution in [3.8, 4) is 0 Å². The number of hydrogen-bond acceptors (Lipinski definition) is 5. The summed E-state index contributed by atoms with van der Waals surface area (Å²) < 4.78 is 56.9. The largest absolute Gasteiger partial charge is 0.390 e. The molecule has 8 nitrogen and oxygen atoms in total. The number of aliphatic hydroxyl groups is 1. The van der Waals surface area contributed by atoms with Crippen molar-refractivity contribution in [2.75, 3.05) is 13.1 Å².